The van der Waals surface area contributed by atoms with Crippen molar-refractivity contribution in [2.24, 2.45) is 5.10 Å². The Morgan fingerprint density at radius 3 is 2.60 bits per heavy atom. The number of rotatable bonds is 4. The molecule has 0 saturated carbocycles. The quantitative estimate of drug-likeness (QED) is 0.670. The summed E-state index contributed by atoms with van der Waals surface area (Å²) in [5, 5.41) is 7.46. The van der Waals surface area contributed by atoms with Crippen LogP contribution in [0.3, 0.4) is 0 Å². The smallest absolute Gasteiger partial charge is 0.273 e. The first-order valence-electron chi connectivity index (χ1n) is 6.07. The van der Waals surface area contributed by atoms with Crippen LogP contribution in [-0.2, 0) is 0 Å². The van der Waals surface area contributed by atoms with E-state index in [1.54, 1.807) is 25.2 Å². The van der Waals surface area contributed by atoms with Gasteiger partial charge in [0.1, 0.15) is 0 Å². The zero-order valence-electron chi connectivity index (χ0n) is 10.9. The lowest BCUT2D eigenvalue weighted by Gasteiger charge is -2.06. The summed E-state index contributed by atoms with van der Waals surface area (Å²) in [4.78, 5) is 12.0. The van der Waals surface area contributed by atoms with Crippen molar-refractivity contribution in [3.05, 3.63) is 64.7 Å². The van der Waals surface area contributed by atoms with Gasteiger partial charge in [0.25, 0.3) is 5.91 Å². The number of carbonyl (C=O) groups is 1. The topological polar surface area (TPSA) is 53.5 Å². The molecule has 2 aromatic rings. The second-order valence-corrected chi connectivity index (χ2v) is 4.42. The molecule has 0 aliphatic heterocycles. The van der Waals surface area contributed by atoms with Gasteiger partial charge in [0.2, 0.25) is 0 Å². The third-order valence-electron chi connectivity index (χ3n) is 2.72. The van der Waals surface area contributed by atoms with E-state index in [0.717, 1.165) is 11.3 Å². The number of hydrogen-bond donors (Lipinski definition) is 2. The normalized spacial score (nSPS) is 10.5. The Morgan fingerprint density at radius 1 is 1.15 bits per heavy atom. The molecule has 2 aromatic carbocycles. The molecule has 0 aliphatic carbocycles. The Balaban J connectivity index is 2.07. The molecule has 2 rings (SSSR count). The van der Waals surface area contributed by atoms with E-state index in [1.807, 2.05) is 30.3 Å². The fourth-order valence-electron chi connectivity index (χ4n) is 1.70. The minimum atomic E-state index is -0.279. The number of benzene rings is 2. The van der Waals surface area contributed by atoms with Gasteiger partial charge in [-0.25, -0.2) is 5.43 Å². The molecular weight excluding hydrogens is 274 g/mol. The first kappa shape index (κ1) is 14.1. The van der Waals surface area contributed by atoms with E-state index in [2.05, 4.69) is 15.8 Å². The number of carbonyl (C=O) groups excluding carboxylic acids is 1. The van der Waals surface area contributed by atoms with Crippen LogP contribution in [-0.4, -0.2) is 19.2 Å². The van der Waals surface area contributed by atoms with Gasteiger partial charge in [-0.3, -0.25) is 4.79 Å². The van der Waals surface area contributed by atoms with Crippen LogP contribution in [0.2, 0.25) is 5.02 Å². The monoisotopic (exact) mass is 287 g/mol. The largest absolute Gasteiger partial charge is 0.387 e. The fourth-order valence-corrected chi connectivity index (χ4v) is 1.88. The lowest BCUT2D eigenvalue weighted by Crippen LogP contribution is -2.19. The van der Waals surface area contributed by atoms with Gasteiger partial charge in [-0.1, -0.05) is 41.9 Å². The number of hydrazone groups is 1. The molecule has 2 N–H and O–H groups in total. The highest BCUT2D eigenvalue weighted by Gasteiger charge is 2.08. The van der Waals surface area contributed by atoms with Crippen LogP contribution in [0.1, 0.15) is 15.9 Å². The minimum absolute atomic E-state index is 0.279. The van der Waals surface area contributed by atoms with Crippen LogP contribution >= 0.6 is 11.6 Å². The van der Waals surface area contributed by atoms with Crippen molar-refractivity contribution in [1.29, 1.82) is 0 Å². The molecule has 0 atom stereocenters. The first-order valence-corrected chi connectivity index (χ1v) is 6.45. The maximum absolute atomic E-state index is 12.0. The van der Waals surface area contributed by atoms with E-state index in [0.29, 0.717) is 10.6 Å². The van der Waals surface area contributed by atoms with E-state index in [-0.39, 0.29) is 5.91 Å². The minimum Gasteiger partial charge on any atom is -0.387 e. The van der Waals surface area contributed by atoms with Crippen LogP contribution in [0.15, 0.2) is 53.6 Å². The van der Waals surface area contributed by atoms with E-state index in [1.165, 1.54) is 6.21 Å². The average Bonchev–Trinajstić information content (AvgIpc) is 2.49. The van der Waals surface area contributed by atoms with Crippen molar-refractivity contribution in [2.45, 2.75) is 0 Å². The van der Waals surface area contributed by atoms with E-state index >= 15 is 0 Å². The van der Waals surface area contributed by atoms with Gasteiger partial charge in [0.15, 0.2) is 0 Å². The van der Waals surface area contributed by atoms with Crippen molar-refractivity contribution in [3.63, 3.8) is 0 Å². The van der Waals surface area contributed by atoms with E-state index in [4.69, 9.17) is 11.6 Å². The molecule has 0 saturated heterocycles. The summed E-state index contributed by atoms with van der Waals surface area (Å²) < 4.78 is 0. The van der Waals surface area contributed by atoms with Crippen LogP contribution in [0.5, 0.6) is 0 Å². The molecule has 0 aromatic heterocycles. The summed E-state index contributed by atoms with van der Waals surface area (Å²) >= 11 is 5.99. The van der Waals surface area contributed by atoms with Crippen molar-refractivity contribution in [2.75, 3.05) is 12.4 Å². The molecule has 1 amide bonds. The molecule has 0 fully saturated rings. The summed E-state index contributed by atoms with van der Waals surface area (Å²) in [6.07, 6.45) is 1.52. The molecule has 0 radical (unpaired) electrons. The van der Waals surface area contributed by atoms with Gasteiger partial charge in [-0.2, -0.15) is 5.10 Å². The van der Waals surface area contributed by atoms with Crippen LogP contribution in [0, 0.1) is 0 Å². The fraction of sp³-hybridized carbons (Fsp3) is 0.0667. The molecule has 4 nitrogen and oxygen atoms in total. The highest BCUT2D eigenvalue weighted by Crippen LogP contribution is 2.14. The molecule has 0 spiro atoms. The maximum Gasteiger partial charge on any atom is 0.273 e. The van der Waals surface area contributed by atoms with E-state index < -0.39 is 0 Å². The van der Waals surface area contributed by atoms with Gasteiger partial charge in [0, 0.05) is 23.3 Å². The van der Waals surface area contributed by atoms with Crippen molar-refractivity contribution in [3.8, 4) is 0 Å². The summed E-state index contributed by atoms with van der Waals surface area (Å²) in [6.45, 7) is 0. The van der Waals surface area contributed by atoms with Gasteiger partial charge < -0.3 is 5.32 Å². The Morgan fingerprint density at radius 2 is 1.85 bits per heavy atom. The Labute approximate surface area is 122 Å². The molecule has 0 bridgehead atoms. The summed E-state index contributed by atoms with van der Waals surface area (Å²) in [5.74, 6) is -0.279. The lowest BCUT2D eigenvalue weighted by atomic mass is 10.1. The molecule has 5 heteroatoms. The molecule has 0 aliphatic rings. The predicted octanol–water partition coefficient (Wildman–Crippen LogP) is 3.15. The summed E-state index contributed by atoms with van der Waals surface area (Å²) in [6, 6.07) is 14.5. The number of halogens is 1. The van der Waals surface area contributed by atoms with Crippen molar-refractivity contribution < 1.29 is 4.79 Å². The van der Waals surface area contributed by atoms with Crippen LogP contribution in [0.4, 0.5) is 5.69 Å². The zero-order valence-corrected chi connectivity index (χ0v) is 11.7. The number of nitrogens with one attached hydrogen (secondary N) is 2. The molecule has 0 unspecified atom stereocenters. The highest BCUT2D eigenvalue weighted by molar-refractivity contribution is 6.33. The average molecular weight is 288 g/mol. The number of hydrogen-bond acceptors (Lipinski definition) is 3. The standard InChI is InChI=1S/C15H14ClN3O/c1-17-14-9-5-3-7-12(14)15(20)19-18-10-11-6-2-4-8-13(11)16/h2-10,17H,1H3,(H,19,20)/b18-10-. The zero-order chi connectivity index (χ0) is 14.4. The van der Waals surface area contributed by atoms with Crippen LogP contribution in [0.25, 0.3) is 0 Å². The molecular formula is C15H14ClN3O. The van der Waals surface area contributed by atoms with Gasteiger partial charge >= 0.3 is 0 Å². The van der Waals surface area contributed by atoms with Gasteiger partial charge in [-0.05, 0) is 18.2 Å². The number of nitrogens with zero attached hydrogens (tertiary/aromatic N) is 1. The SMILES string of the molecule is CNc1ccccc1C(=O)N/N=C\c1ccccc1Cl. The van der Waals surface area contributed by atoms with Gasteiger partial charge in [0.05, 0.1) is 11.8 Å². The first-order chi connectivity index (χ1) is 9.72. The Hall–Kier alpha value is -2.33. The Kier molecular flexibility index (Phi) is 4.74. The molecule has 0 heterocycles. The maximum atomic E-state index is 12.0. The van der Waals surface area contributed by atoms with E-state index in [9.17, 15) is 4.79 Å². The number of amides is 1. The Bertz CT molecular complexity index is 641. The second-order valence-electron chi connectivity index (χ2n) is 4.02. The number of para-hydroxylation sites is 1. The molecule has 20 heavy (non-hydrogen) atoms. The number of anilines is 1. The van der Waals surface area contributed by atoms with Crippen molar-refractivity contribution >= 4 is 29.4 Å². The summed E-state index contributed by atoms with van der Waals surface area (Å²) in [7, 11) is 1.76. The summed E-state index contributed by atoms with van der Waals surface area (Å²) in [5.41, 5.74) is 4.51. The third-order valence-corrected chi connectivity index (χ3v) is 3.06. The lowest BCUT2D eigenvalue weighted by molar-refractivity contribution is 0.0956. The second kappa shape index (κ2) is 6.73. The van der Waals surface area contributed by atoms with Crippen LogP contribution < -0.4 is 10.7 Å². The van der Waals surface area contributed by atoms with Crippen molar-refractivity contribution in [1.82, 2.24) is 5.43 Å². The highest BCUT2D eigenvalue weighted by atomic mass is 35.5. The van der Waals surface area contributed by atoms with Gasteiger partial charge in [-0.15, -0.1) is 0 Å². The third kappa shape index (κ3) is 3.36. The molecule has 102 valence electrons. The predicted molar refractivity (Wildman–Crippen MR) is 82.5 cm³/mol.